The Hall–Kier alpha value is -4.31. The van der Waals surface area contributed by atoms with Crippen LogP contribution in [0, 0.1) is 5.82 Å². The molecule has 2 atom stereocenters. The third-order valence-electron chi connectivity index (χ3n) is 8.77. The Labute approximate surface area is 241 Å². The van der Waals surface area contributed by atoms with Crippen LogP contribution in [-0.4, -0.2) is 57.3 Å². The first kappa shape index (κ1) is 26.6. The van der Waals surface area contributed by atoms with Crippen LogP contribution in [0.3, 0.4) is 0 Å². The number of benzene rings is 3. The number of nitrogens with one attached hydrogen (secondary N) is 1. The lowest BCUT2D eigenvalue weighted by Crippen LogP contribution is -2.43. The molecule has 0 saturated carbocycles. The molecule has 4 aromatic rings. The average Bonchev–Trinajstić information content (AvgIpc) is 3.62. The van der Waals surface area contributed by atoms with Gasteiger partial charge >= 0.3 is 6.01 Å². The lowest BCUT2D eigenvalue weighted by atomic mass is 9.95. The normalized spacial score (nSPS) is 21.6. The van der Waals surface area contributed by atoms with E-state index in [2.05, 4.69) is 20.2 Å². The second-order valence-corrected chi connectivity index (χ2v) is 11.4. The van der Waals surface area contributed by atoms with Gasteiger partial charge in [0.15, 0.2) is 5.82 Å². The van der Waals surface area contributed by atoms with Gasteiger partial charge in [0, 0.05) is 30.1 Å². The molecule has 0 spiro atoms. The standard InChI is InChI=1S/C32H31F2N5O3/c1-2-23-24(34)10-9-19-13-22(40)14-26(27(19)23)39-17-25-28(30(39)41)29(35-21-7-4-3-5-8-21)37-31(36-25)42-18-32-11-6-12-38(32)16-20(33)15-32/h3-5,7-10,13-14,20,40H,2,6,11-12,15-18H2,1H3,(H,35,36,37)/t20-,32+/m1/s1. The van der Waals surface area contributed by atoms with Gasteiger partial charge in [0.05, 0.1) is 23.5 Å². The zero-order valence-corrected chi connectivity index (χ0v) is 23.2. The van der Waals surface area contributed by atoms with E-state index in [-0.39, 0.29) is 53.6 Å². The number of rotatable bonds is 7. The molecule has 1 amide bonds. The molecule has 1 aromatic heterocycles. The van der Waals surface area contributed by atoms with Gasteiger partial charge in [0.2, 0.25) is 0 Å². The molecule has 0 unspecified atom stereocenters. The van der Waals surface area contributed by atoms with Gasteiger partial charge in [-0.25, -0.2) is 8.78 Å². The summed E-state index contributed by atoms with van der Waals surface area (Å²) >= 11 is 0. The molecular formula is C32H31F2N5O3. The first-order chi connectivity index (χ1) is 20.3. The topological polar surface area (TPSA) is 90.8 Å². The van der Waals surface area contributed by atoms with E-state index >= 15 is 0 Å². The number of ether oxygens (including phenoxy) is 1. The summed E-state index contributed by atoms with van der Waals surface area (Å²) < 4.78 is 35.4. The highest BCUT2D eigenvalue weighted by Crippen LogP contribution is 2.42. The lowest BCUT2D eigenvalue weighted by molar-refractivity contribution is 0.0996. The Kier molecular flexibility index (Phi) is 6.46. The molecule has 0 radical (unpaired) electrons. The maximum absolute atomic E-state index is 14.9. The molecule has 3 aromatic carbocycles. The van der Waals surface area contributed by atoms with Crippen LogP contribution in [0.25, 0.3) is 10.8 Å². The summed E-state index contributed by atoms with van der Waals surface area (Å²) in [7, 11) is 0. The number of phenolic OH excluding ortho intramolecular Hbond substituents is 1. The predicted molar refractivity (Wildman–Crippen MR) is 156 cm³/mol. The molecule has 8 nitrogen and oxygen atoms in total. The number of para-hydroxylation sites is 1. The van der Waals surface area contributed by atoms with E-state index in [0.717, 1.165) is 25.1 Å². The molecule has 3 aliphatic rings. The number of aryl methyl sites for hydroxylation is 1. The molecule has 3 aliphatic heterocycles. The van der Waals surface area contributed by atoms with Gasteiger partial charge in [-0.2, -0.15) is 9.97 Å². The minimum Gasteiger partial charge on any atom is -0.508 e. The number of aromatic hydroxyl groups is 1. The Morgan fingerprint density at radius 3 is 2.81 bits per heavy atom. The Balaban J connectivity index is 1.29. The molecule has 10 heteroatoms. The van der Waals surface area contributed by atoms with Crippen LogP contribution in [0.5, 0.6) is 11.8 Å². The third kappa shape index (κ3) is 4.41. The minimum absolute atomic E-state index is 0.0317. The number of halogens is 2. The number of alkyl halides is 1. The molecule has 216 valence electrons. The fraction of sp³-hybridized carbons (Fsp3) is 0.344. The first-order valence-electron chi connectivity index (χ1n) is 14.4. The van der Waals surface area contributed by atoms with Crippen molar-refractivity contribution in [1.29, 1.82) is 0 Å². The van der Waals surface area contributed by atoms with Crippen LogP contribution in [0.15, 0.2) is 54.6 Å². The highest BCUT2D eigenvalue weighted by Gasteiger charge is 2.49. The number of nitrogens with zero attached hydrogens (tertiary/aromatic N) is 4. The number of carbonyl (C=O) groups is 1. The summed E-state index contributed by atoms with van der Waals surface area (Å²) in [4.78, 5) is 27.0. The van der Waals surface area contributed by atoms with E-state index in [0.29, 0.717) is 47.1 Å². The number of hydrogen-bond donors (Lipinski definition) is 2. The molecular weight excluding hydrogens is 540 g/mol. The van der Waals surface area contributed by atoms with Crippen molar-refractivity contribution in [2.45, 2.75) is 50.9 Å². The maximum atomic E-state index is 14.9. The number of phenols is 1. The minimum atomic E-state index is -0.883. The Morgan fingerprint density at radius 1 is 1.17 bits per heavy atom. The van der Waals surface area contributed by atoms with E-state index in [9.17, 15) is 18.7 Å². The van der Waals surface area contributed by atoms with Gasteiger partial charge in [0.1, 0.15) is 29.9 Å². The van der Waals surface area contributed by atoms with Gasteiger partial charge < -0.3 is 20.1 Å². The molecule has 4 heterocycles. The average molecular weight is 572 g/mol. The molecule has 0 bridgehead atoms. The van der Waals surface area contributed by atoms with Gasteiger partial charge in [0.25, 0.3) is 5.91 Å². The number of anilines is 3. The van der Waals surface area contributed by atoms with Crippen molar-refractivity contribution >= 4 is 33.9 Å². The van der Waals surface area contributed by atoms with Crippen LogP contribution in [0.4, 0.5) is 26.0 Å². The van der Waals surface area contributed by atoms with Crippen LogP contribution in [0.1, 0.15) is 47.8 Å². The van der Waals surface area contributed by atoms with E-state index in [1.165, 1.54) is 17.0 Å². The van der Waals surface area contributed by atoms with Crippen LogP contribution >= 0.6 is 0 Å². The van der Waals surface area contributed by atoms with Gasteiger partial charge in [-0.15, -0.1) is 0 Å². The summed E-state index contributed by atoms with van der Waals surface area (Å²) in [6, 6.07) is 15.5. The maximum Gasteiger partial charge on any atom is 0.318 e. The summed E-state index contributed by atoms with van der Waals surface area (Å²) in [5.41, 5.74) is 1.94. The van der Waals surface area contributed by atoms with Crippen molar-refractivity contribution in [3.8, 4) is 11.8 Å². The van der Waals surface area contributed by atoms with Crippen molar-refractivity contribution in [2.75, 3.05) is 29.9 Å². The molecule has 2 N–H and O–H groups in total. The molecule has 2 fully saturated rings. The number of amides is 1. The first-order valence-corrected chi connectivity index (χ1v) is 14.4. The monoisotopic (exact) mass is 571 g/mol. The second kappa shape index (κ2) is 10.2. The quantitative estimate of drug-likeness (QED) is 0.286. The van der Waals surface area contributed by atoms with Crippen molar-refractivity contribution in [3.05, 3.63) is 77.2 Å². The zero-order chi connectivity index (χ0) is 29.0. The van der Waals surface area contributed by atoms with E-state index < -0.39 is 6.17 Å². The largest absolute Gasteiger partial charge is 0.508 e. The lowest BCUT2D eigenvalue weighted by Gasteiger charge is -2.30. The van der Waals surface area contributed by atoms with Gasteiger partial charge in [-0.05, 0) is 61.0 Å². The van der Waals surface area contributed by atoms with Crippen molar-refractivity contribution < 1.29 is 23.4 Å². The summed E-state index contributed by atoms with van der Waals surface area (Å²) in [5.74, 6) is -0.484. The number of hydrogen-bond acceptors (Lipinski definition) is 7. The summed E-state index contributed by atoms with van der Waals surface area (Å²) in [6.07, 6.45) is 1.78. The Morgan fingerprint density at radius 2 is 2.00 bits per heavy atom. The second-order valence-electron chi connectivity index (χ2n) is 11.4. The molecule has 0 aliphatic carbocycles. The highest BCUT2D eigenvalue weighted by atomic mass is 19.1. The summed E-state index contributed by atoms with van der Waals surface area (Å²) in [6.45, 7) is 3.45. The zero-order valence-electron chi connectivity index (χ0n) is 23.2. The van der Waals surface area contributed by atoms with Crippen LogP contribution < -0.4 is 15.0 Å². The van der Waals surface area contributed by atoms with Crippen LogP contribution in [-0.2, 0) is 13.0 Å². The van der Waals surface area contributed by atoms with Gasteiger partial charge in [-0.3, -0.25) is 9.69 Å². The van der Waals surface area contributed by atoms with E-state index in [1.807, 2.05) is 37.3 Å². The summed E-state index contributed by atoms with van der Waals surface area (Å²) in [5, 5.41) is 15.0. The van der Waals surface area contributed by atoms with Crippen molar-refractivity contribution in [3.63, 3.8) is 0 Å². The SMILES string of the molecule is CCc1c(F)ccc2cc(O)cc(N3Cc4nc(OC[C@@]56CCCN5C[C@H](F)C6)nc(Nc5ccccc5)c4C3=O)c12. The highest BCUT2D eigenvalue weighted by molar-refractivity contribution is 6.16. The van der Waals surface area contributed by atoms with E-state index in [4.69, 9.17) is 4.74 Å². The number of carbonyl (C=O) groups excluding carboxylic acids is 1. The van der Waals surface area contributed by atoms with Gasteiger partial charge in [-0.1, -0.05) is 31.2 Å². The predicted octanol–water partition coefficient (Wildman–Crippen LogP) is 5.90. The number of fused-ring (bicyclic) bond motifs is 3. The fourth-order valence-corrected chi connectivity index (χ4v) is 6.87. The van der Waals surface area contributed by atoms with Crippen LogP contribution in [0.2, 0.25) is 0 Å². The van der Waals surface area contributed by atoms with Crippen molar-refractivity contribution in [1.82, 2.24) is 14.9 Å². The Bertz CT molecular complexity index is 1700. The fourth-order valence-electron chi connectivity index (χ4n) is 6.87. The molecule has 42 heavy (non-hydrogen) atoms. The molecule has 7 rings (SSSR count). The van der Waals surface area contributed by atoms with Crippen molar-refractivity contribution in [2.24, 2.45) is 0 Å². The smallest absolute Gasteiger partial charge is 0.318 e. The number of aromatic nitrogens is 2. The van der Waals surface area contributed by atoms with E-state index in [1.54, 1.807) is 12.1 Å². The molecule has 2 saturated heterocycles. The third-order valence-corrected chi connectivity index (χ3v) is 8.77.